The largest absolute Gasteiger partial charge is 0.463 e. The van der Waals surface area contributed by atoms with E-state index in [0.29, 0.717) is 22.2 Å². The Hall–Kier alpha value is -2.80. The van der Waals surface area contributed by atoms with Gasteiger partial charge in [-0.3, -0.25) is 9.36 Å². The molecule has 8 heteroatoms. The molecule has 0 spiro atoms. The van der Waals surface area contributed by atoms with Crippen molar-refractivity contribution in [3.63, 3.8) is 0 Å². The van der Waals surface area contributed by atoms with Crippen LogP contribution in [-0.4, -0.2) is 21.2 Å². The van der Waals surface area contributed by atoms with Crippen molar-refractivity contribution in [1.82, 2.24) is 9.58 Å². The number of ether oxygens (including phenoxy) is 1. The monoisotopic (exact) mass is 553 g/mol. The van der Waals surface area contributed by atoms with Crippen molar-refractivity contribution in [1.29, 1.82) is 0 Å². The highest BCUT2D eigenvalue weighted by atomic mass is 79.9. The lowest BCUT2D eigenvalue weighted by Gasteiger charge is -2.38. The summed E-state index contributed by atoms with van der Waals surface area (Å²) in [5.41, 5.74) is 4.57. The van der Waals surface area contributed by atoms with Crippen LogP contribution in [-0.2, 0) is 0 Å². The number of benzene rings is 3. The highest BCUT2D eigenvalue weighted by molar-refractivity contribution is 9.10. The molecule has 2 aliphatic rings. The zero-order chi connectivity index (χ0) is 23.6. The number of halogens is 3. The molecule has 2 unspecified atom stereocenters. The number of para-hydroxylation sites is 1. The van der Waals surface area contributed by atoms with Crippen molar-refractivity contribution in [3.05, 3.63) is 98.1 Å². The summed E-state index contributed by atoms with van der Waals surface area (Å²) in [4.78, 5) is 12.4. The van der Waals surface area contributed by atoms with E-state index in [1.807, 2.05) is 65.8 Å². The standard InChI is InChI=1S/C26H18BrCl2N3O2/c1-14(33)31-13-20(18-4-2-3-5-23(18)31)26-32-24(19-10-17(28)11-21(29)25(19)34-26)12-22(30-32)15-6-8-16(27)9-7-15/h2-11,13,24,26H,12H2,1H3. The second-order valence-corrected chi connectivity index (χ2v) is 10.2. The van der Waals surface area contributed by atoms with Gasteiger partial charge in [-0.05, 0) is 35.9 Å². The van der Waals surface area contributed by atoms with E-state index in [-0.39, 0.29) is 11.9 Å². The predicted octanol–water partition coefficient (Wildman–Crippen LogP) is 7.61. The van der Waals surface area contributed by atoms with Gasteiger partial charge in [-0.2, -0.15) is 5.10 Å². The lowest BCUT2D eigenvalue weighted by atomic mass is 9.96. The van der Waals surface area contributed by atoms with E-state index in [4.69, 9.17) is 33.0 Å². The molecule has 2 atom stereocenters. The maximum atomic E-state index is 12.4. The van der Waals surface area contributed by atoms with Crippen molar-refractivity contribution in [2.24, 2.45) is 5.10 Å². The average molecular weight is 555 g/mol. The first-order valence-electron chi connectivity index (χ1n) is 10.8. The van der Waals surface area contributed by atoms with Gasteiger partial charge in [-0.1, -0.05) is 69.5 Å². The summed E-state index contributed by atoms with van der Waals surface area (Å²) in [6, 6.07) is 19.4. The van der Waals surface area contributed by atoms with Crippen LogP contribution < -0.4 is 4.74 Å². The van der Waals surface area contributed by atoms with Gasteiger partial charge < -0.3 is 4.74 Å². The van der Waals surface area contributed by atoms with Crippen LogP contribution >= 0.6 is 39.1 Å². The number of hydrogen-bond donors (Lipinski definition) is 0. The van der Waals surface area contributed by atoms with Crippen molar-refractivity contribution in [2.45, 2.75) is 25.6 Å². The topological polar surface area (TPSA) is 46.8 Å². The third-order valence-electron chi connectivity index (χ3n) is 6.33. The van der Waals surface area contributed by atoms with Crippen molar-refractivity contribution >= 4 is 61.7 Å². The molecule has 0 N–H and O–H groups in total. The molecule has 0 fully saturated rings. The fraction of sp³-hybridized carbons (Fsp3) is 0.154. The van der Waals surface area contributed by atoms with Crippen LogP contribution in [0.3, 0.4) is 0 Å². The van der Waals surface area contributed by atoms with Gasteiger partial charge in [0, 0.05) is 45.5 Å². The molecule has 3 heterocycles. The Balaban J connectivity index is 1.54. The van der Waals surface area contributed by atoms with Crippen molar-refractivity contribution in [2.75, 3.05) is 0 Å². The van der Waals surface area contributed by atoms with E-state index in [1.165, 1.54) is 0 Å². The van der Waals surface area contributed by atoms with E-state index in [1.54, 1.807) is 17.6 Å². The first kappa shape index (κ1) is 21.7. The molecule has 0 amide bonds. The van der Waals surface area contributed by atoms with Gasteiger partial charge in [0.1, 0.15) is 5.75 Å². The highest BCUT2D eigenvalue weighted by Gasteiger charge is 2.43. The zero-order valence-electron chi connectivity index (χ0n) is 18.0. The molecular weight excluding hydrogens is 537 g/mol. The first-order chi connectivity index (χ1) is 16.4. The number of aromatic nitrogens is 1. The van der Waals surface area contributed by atoms with Crippen LogP contribution in [0.15, 0.2) is 76.4 Å². The number of hydrogen-bond acceptors (Lipinski definition) is 4. The Morgan fingerprint density at radius 2 is 1.85 bits per heavy atom. The third-order valence-corrected chi connectivity index (χ3v) is 7.36. The maximum absolute atomic E-state index is 12.4. The van der Waals surface area contributed by atoms with Gasteiger partial charge >= 0.3 is 0 Å². The molecule has 3 aromatic carbocycles. The minimum absolute atomic E-state index is 0.0690. The summed E-state index contributed by atoms with van der Waals surface area (Å²) < 4.78 is 9.18. The van der Waals surface area contributed by atoms with E-state index in [2.05, 4.69) is 15.9 Å². The number of nitrogens with zero attached hydrogens (tertiary/aromatic N) is 3. The molecule has 34 heavy (non-hydrogen) atoms. The molecule has 2 aliphatic heterocycles. The van der Waals surface area contributed by atoms with Gasteiger partial charge in [-0.25, -0.2) is 5.01 Å². The van der Waals surface area contributed by atoms with Gasteiger partial charge in [0.15, 0.2) is 0 Å². The number of rotatable bonds is 2. The SMILES string of the molecule is CC(=O)n1cc(C2Oc3c(Cl)cc(Cl)cc3C3CC(c4ccc(Br)cc4)=NN32)c2ccccc21. The summed E-state index contributed by atoms with van der Waals surface area (Å²) in [5, 5.41) is 8.93. The predicted molar refractivity (Wildman–Crippen MR) is 138 cm³/mol. The summed E-state index contributed by atoms with van der Waals surface area (Å²) >= 11 is 16.5. The highest BCUT2D eigenvalue weighted by Crippen LogP contribution is 2.51. The fourth-order valence-corrected chi connectivity index (χ4v) is 5.62. The Labute approximate surface area is 214 Å². The number of fused-ring (bicyclic) bond motifs is 4. The van der Waals surface area contributed by atoms with Gasteiger partial charge in [0.25, 0.3) is 0 Å². The van der Waals surface area contributed by atoms with Gasteiger partial charge in [0.05, 0.1) is 22.3 Å². The minimum atomic E-state index is -0.561. The molecule has 1 aromatic heterocycles. The molecule has 6 rings (SSSR count). The Bertz CT molecular complexity index is 1500. The average Bonchev–Trinajstić information content (AvgIpc) is 3.42. The molecule has 0 aliphatic carbocycles. The second-order valence-electron chi connectivity index (χ2n) is 8.42. The quantitative estimate of drug-likeness (QED) is 0.256. The van der Waals surface area contributed by atoms with Gasteiger partial charge in [-0.15, -0.1) is 0 Å². The Morgan fingerprint density at radius 1 is 1.09 bits per heavy atom. The summed E-state index contributed by atoms with van der Waals surface area (Å²) in [6.45, 7) is 1.55. The smallest absolute Gasteiger partial charge is 0.227 e. The van der Waals surface area contributed by atoms with Crippen LogP contribution in [0.4, 0.5) is 0 Å². The fourth-order valence-electron chi connectivity index (χ4n) is 4.80. The normalized spacial score (nSPS) is 18.9. The van der Waals surface area contributed by atoms with Crippen molar-refractivity contribution in [3.8, 4) is 5.75 Å². The molecule has 0 saturated carbocycles. The van der Waals surface area contributed by atoms with Crippen LogP contribution in [0.2, 0.25) is 10.0 Å². The minimum Gasteiger partial charge on any atom is -0.463 e. The molecule has 170 valence electrons. The molecule has 5 nitrogen and oxygen atoms in total. The van der Waals surface area contributed by atoms with Crippen molar-refractivity contribution < 1.29 is 9.53 Å². The van der Waals surface area contributed by atoms with Crippen LogP contribution in [0.5, 0.6) is 5.75 Å². The Morgan fingerprint density at radius 3 is 2.62 bits per heavy atom. The second kappa shape index (κ2) is 8.15. The molecule has 0 bridgehead atoms. The first-order valence-corrected chi connectivity index (χ1v) is 12.3. The number of hydrazone groups is 1. The third kappa shape index (κ3) is 3.44. The number of carbonyl (C=O) groups is 1. The maximum Gasteiger partial charge on any atom is 0.227 e. The van der Waals surface area contributed by atoms with E-state index in [9.17, 15) is 4.79 Å². The lowest BCUT2D eigenvalue weighted by molar-refractivity contribution is -0.0180. The molecular formula is C26H18BrCl2N3O2. The van der Waals surface area contributed by atoms with E-state index >= 15 is 0 Å². The lowest BCUT2D eigenvalue weighted by Crippen LogP contribution is -2.33. The Kier molecular flexibility index (Phi) is 5.21. The summed E-state index contributed by atoms with van der Waals surface area (Å²) in [7, 11) is 0. The molecule has 4 aromatic rings. The summed E-state index contributed by atoms with van der Waals surface area (Å²) in [5.74, 6) is 0.532. The van der Waals surface area contributed by atoms with E-state index < -0.39 is 6.23 Å². The van der Waals surface area contributed by atoms with Crippen LogP contribution in [0.1, 0.15) is 47.1 Å². The molecule has 0 saturated heterocycles. The van der Waals surface area contributed by atoms with Crippen LogP contribution in [0, 0.1) is 0 Å². The zero-order valence-corrected chi connectivity index (χ0v) is 21.1. The van der Waals surface area contributed by atoms with E-state index in [0.717, 1.165) is 37.8 Å². The summed E-state index contributed by atoms with van der Waals surface area (Å²) in [6.07, 6.45) is 1.96. The van der Waals surface area contributed by atoms with Crippen LogP contribution in [0.25, 0.3) is 10.9 Å². The number of carbonyl (C=O) groups excluding carboxylic acids is 1. The van der Waals surface area contributed by atoms with Gasteiger partial charge in [0.2, 0.25) is 12.1 Å². The molecule has 0 radical (unpaired) electrons.